The molecule has 1 heterocycles. The molecule has 0 amide bonds. The minimum Gasteiger partial charge on any atom is -0.450 e. The Bertz CT molecular complexity index is 394. The number of hydrogen-bond donors (Lipinski definition) is 1. The first-order valence-electron chi connectivity index (χ1n) is 3.14. The first-order chi connectivity index (χ1) is 5.25. The smallest absolute Gasteiger partial charge is 0.158 e. The number of rotatable bonds is 0. The van der Waals surface area contributed by atoms with Gasteiger partial charge >= 0.3 is 0 Å². The van der Waals surface area contributed by atoms with E-state index >= 15 is 0 Å². The summed E-state index contributed by atoms with van der Waals surface area (Å²) in [5.41, 5.74) is 0.663. The van der Waals surface area contributed by atoms with E-state index in [9.17, 15) is 4.39 Å². The number of thiol groups is 1. The molecule has 56 valence electrons. The van der Waals surface area contributed by atoms with Crippen LogP contribution in [0, 0.1) is 5.82 Å². The highest BCUT2D eigenvalue weighted by Gasteiger charge is 2.00. The molecule has 0 spiro atoms. The summed E-state index contributed by atoms with van der Waals surface area (Å²) in [5, 5.41) is 1.25. The maximum absolute atomic E-state index is 12.6. The van der Waals surface area contributed by atoms with Crippen LogP contribution in [-0.2, 0) is 0 Å². The second kappa shape index (κ2) is 2.27. The second-order valence-electron chi connectivity index (χ2n) is 2.27. The van der Waals surface area contributed by atoms with E-state index in [-0.39, 0.29) is 5.82 Å². The Kier molecular flexibility index (Phi) is 1.39. The first-order valence-corrected chi connectivity index (χ1v) is 3.58. The summed E-state index contributed by atoms with van der Waals surface area (Å²) < 4.78 is 17.7. The second-order valence-corrected chi connectivity index (χ2v) is 2.71. The van der Waals surface area contributed by atoms with Gasteiger partial charge in [-0.15, -0.1) is 12.6 Å². The molecule has 0 atom stereocenters. The molecule has 0 bridgehead atoms. The van der Waals surface area contributed by atoms with Crippen LogP contribution in [0.5, 0.6) is 0 Å². The van der Waals surface area contributed by atoms with Crippen LogP contribution in [0.2, 0.25) is 0 Å². The Morgan fingerprint density at radius 2 is 2.09 bits per heavy atom. The summed E-state index contributed by atoms with van der Waals surface area (Å²) >= 11 is 3.99. The van der Waals surface area contributed by atoms with Crippen LogP contribution in [0.1, 0.15) is 0 Å². The molecule has 0 unspecified atom stereocenters. The zero-order valence-electron chi connectivity index (χ0n) is 5.54. The lowest BCUT2D eigenvalue weighted by atomic mass is 10.2. The van der Waals surface area contributed by atoms with Gasteiger partial charge in [0.25, 0.3) is 0 Å². The van der Waals surface area contributed by atoms with Gasteiger partial charge in [0.1, 0.15) is 11.4 Å². The zero-order chi connectivity index (χ0) is 7.84. The predicted octanol–water partition coefficient (Wildman–Crippen LogP) is 2.86. The van der Waals surface area contributed by atoms with Crippen molar-refractivity contribution < 1.29 is 8.81 Å². The van der Waals surface area contributed by atoms with Crippen molar-refractivity contribution in [2.45, 2.75) is 5.09 Å². The van der Waals surface area contributed by atoms with Crippen molar-refractivity contribution in [3.05, 3.63) is 30.1 Å². The zero-order valence-corrected chi connectivity index (χ0v) is 6.44. The molecule has 1 aromatic heterocycles. The van der Waals surface area contributed by atoms with Gasteiger partial charge in [0.15, 0.2) is 5.09 Å². The van der Waals surface area contributed by atoms with Crippen molar-refractivity contribution >= 4 is 23.6 Å². The van der Waals surface area contributed by atoms with Crippen LogP contribution in [0.4, 0.5) is 4.39 Å². The van der Waals surface area contributed by atoms with E-state index < -0.39 is 0 Å². The number of hydrogen-bond acceptors (Lipinski definition) is 2. The Labute approximate surface area is 68.2 Å². The van der Waals surface area contributed by atoms with Crippen LogP contribution in [-0.4, -0.2) is 0 Å². The van der Waals surface area contributed by atoms with Crippen molar-refractivity contribution in [2.24, 2.45) is 0 Å². The minimum atomic E-state index is -0.258. The van der Waals surface area contributed by atoms with Crippen molar-refractivity contribution in [1.29, 1.82) is 0 Å². The summed E-state index contributed by atoms with van der Waals surface area (Å²) in [6, 6.07) is 6.05. The third-order valence-corrected chi connectivity index (χ3v) is 1.69. The van der Waals surface area contributed by atoms with E-state index in [2.05, 4.69) is 12.6 Å². The van der Waals surface area contributed by atoms with Gasteiger partial charge in [-0.1, -0.05) is 0 Å². The van der Waals surface area contributed by atoms with Gasteiger partial charge < -0.3 is 4.42 Å². The van der Waals surface area contributed by atoms with Crippen LogP contribution in [0.15, 0.2) is 33.8 Å². The first kappa shape index (κ1) is 6.73. The average Bonchev–Trinajstić information content (AvgIpc) is 2.27. The highest BCUT2D eigenvalue weighted by atomic mass is 32.1. The van der Waals surface area contributed by atoms with E-state index in [0.29, 0.717) is 10.7 Å². The minimum absolute atomic E-state index is 0.258. The standard InChI is InChI=1S/C8H5FOS/c9-6-1-2-7-5(3-6)4-8(11)10-7/h1-4,11H. The number of benzene rings is 1. The van der Waals surface area contributed by atoms with Crippen molar-refractivity contribution in [1.82, 2.24) is 0 Å². The van der Waals surface area contributed by atoms with E-state index in [1.807, 2.05) is 0 Å². The van der Waals surface area contributed by atoms with E-state index in [0.717, 1.165) is 5.39 Å². The van der Waals surface area contributed by atoms with Gasteiger partial charge in [0.05, 0.1) is 0 Å². The van der Waals surface area contributed by atoms with Crippen LogP contribution < -0.4 is 0 Å². The largest absolute Gasteiger partial charge is 0.450 e. The summed E-state index contributed by atoms with van der Waals surface area (Å²) in [6.07, 6.45) is 0. The molecule has 0 saturated heterocycles. The summed E-state index contributed by atoms with van der Waals surface area (Å²) in [6.45, 7) is 0. The van der Waals surface area contributed by atoms with Gasteiger partial charge in [-0.25, -0.2) is 4.39 Å². The lowest BCUT2D eigenvalue weighted by molar-refractivity contribution is 0.516. The van der Waals surface area contributed by atoms with Crippen molar-refractivity contribution in [3.63, 3.8) is 0 Å². The highest BCUT2D eigenvalue weighted by Crippen LogP contribution is 2.21. The fraction of sp³-hybridized carbons (Fsp3) is 0. The molecule has 2 rings (SSSR count). The summed E-state index contributed by atoms with van der Waals surface area (Å²) in [4.78, 5) is 0. The SMILES string of the molecule is Fc1ccc2oc(S)cc2c1. The van der Waals surface area contributed by atoms with Crippen LogP contribution >= 0.6 is 12.6 Å². The monoisotopic (exact) mass is 168 g/mol. The predicted molar refractivity (Wildman–Crippen MR) is 43.4 cm³/mol. The van der Waals surface area contributed by atoms with E-state index in [1.54, 1.807) is 12.1 Å². The molecule has 0 aliphatic rings. The van der Waals surface area contributed by atoms with Gasteiger partial charge in [0, 0.05) is 5.39 Å². The summed E-state index contributed by atoms with van der Waals surface area (Å²) in [5.74, 6) is -0.258. The lowest BCUT2D eigenvalue weighted by Gasteiger charge is -1.86. The fourth-order valence-electron chi connectivity index (χ4n) is 1.00. The molecule has 0 aliphatic carbocycles. The normalized spacial score (nSPS) is 10.7. The maximum Gasteiger partial charge on any atom is 0.158 e. The summed E-state index contributed by atoms with van der Waals surface area (Å²) in [7, 11) is 0. The number of fused-ring (bicyclic) bond motifs is 1. The molecule has 0 radical (unpaired) electrons. The molecule has 0 aliphatic heterocycles. The van der Waals surface area contributed by atoms with Crippen molar-refractivity contribution in [3.8, 4) is 0 Å². The Morgan fingerprint density at radius 1 is 1.27 bits per heavy atom. The van der Waals surface area contributed by atoms with Crippen LogP contribution in [0.3, 0.4) is 0 Å². The highest BCUT2D eigenvalue weighted by molar-refractivity contribution is 7.80. The van der Waals surface area contributed by atoms with E-state index in [1.165, 1.54) is 12.1 Å². The van der Waals surface area contributed by atoms with Gasteiger partial charge in [-0.3, -0.25) is 0 Å². The average molecular weight is 168 g/mol. The van der Waals surface area contributed by atoms with Gasteiger partial charge in [-0.2, -0.15) is 0 Å². The third kappa shape index (κ3) is 1.12. The molecule has 11 heavy (non-hydrogen) atoms. The van der Waals surface area contributed by atoms with Crippen molar-refractivity contribution in [2.75, 3.05) is 0 Å². The molecular weight excluding hydrogens is 163 g/mol. The van der Waals surface area contributed by atoms with Gasteiger partial charge in [0.2, 0.25) is 0 Å². The number of furan rings is 1. The van der Waals surface area contributed by atoms with Gasteiger partial charge in [-0.05, 0) is 24.3 Å². The topological polar surface area (TPSA) is 13.1 Å². The molecule has 3 heteroatoms. The fourth-order valence-corrected chi connectivity index (χ4v) is 1.24. The third-order valence-electron chi connectivity index (χ3n) is 1.47. The molecule has 0 fully saturated rings. The Morgan fingerprint density at radius 3 is 2.91 bits per heavy atom. The Balaban J connectivity index is 2.82. The number of halogens is 1. The molecule has 1 nitrogen and oxygen atoms in total. The molecule has 1 aromatic carbocycles. The quantitative estimate of drug-likeness (QED) is 0.597. The molecular formula is C8H5FOS. The lowest BCUT2D eigenvalue weighted by Crippen LogP contribution is -1.68. The molecule has 2 aromatic rings. The van der Waals surface area contributed by atoms with E-state index in [4.69, 9.17) is 4.42 Å². The maximum atomic E-state index is 12.6. The molecule has 0 saturated carbocycles. The Hall–Kier alpha value is -0.960. The van der Waals surface area contributed by atoms with Crippen LogP contribution in [0.25, 0.3) is 11.0 Å². The molecule has 0 N–H and O–H groups in total.